The van der Waals surface area contributed by atoms with E-state index in [1.54, 1.807) is 97.1 Å². The Morgan fingerprint density at radius 3 is 1.03 bits per heavy atom. The van der Waals surface area contributed by atoms with Gasteiger partial charge < -0.3 is 0 Å². The SMILES string of the molecule is FC(c1ccccn1)(c1ccccn1)c1ccc2ccc(C(F)(c3ccccn3)c3ccccn3)nc2n1. The van der Waals surface area contributed by atoms with Crippen molar-refractivity contribution < 1.29 is 8.78 Å². The van der Waals surface area contributed by atoms with Crippen LogP contribution >= 0.6 is 0 Å². The minimum absolute atomic E-state index is 0.0344. The van der Waals surface area contributed by atoms with E-state index in [-0.39, 0.29) is 39.8 Å². The van der Waals surface area contributed by atoms with Gasteiger partial charge in [-0.05, 0) is 72.8 Å². The second-order valence-corrected chi connectivity index (χ2v) is 8.62. The van der Waals surface area contributed by atoms with E-state index in [0.717, 1.165) is 0 Å². The predicted molar refractivity (Wildman–Crippen MR) is 138 cm³/mol. The van der Waals surface area contributed by atoms with Crippen LogP contribution in [0.1, 0.15) is 34.2 Å². The van der Waals surface area contributed by atoms with Crippen molar-refractivity contribution in [2.75, 3.05) is 0 Å². The molecule has 0 amide bonds. The van der Waals surface area contributed by atoms with Crippen molar-refractivity contribution in [2.45, 2.75) is 11.3 Å². The van der Waals surface area contributed by atoms with Crippen molar-refractivity contribution in [3.05, 3.63) is 156 Å². The Hall–Kier alpha value is -4.98. The number of hydrogen-bond donors (Lipinski definition) is 0. The maximum Gasteiger partial charge on any atom is 0.236 e. The summed E-state index contributed by atoms with van der Waals surface area (Å²) in [6, 6.07) is 26.5. The summed E-state index contributed by atoms with van der Waals surface area (Å²) in [4.78, 5) is 26.2. The number of fused-ring (bicyclic) bond motifs is 1. The fraction of sp³-hybridized carbons (Fsp3) is 0.0667. The molecule has 6 rings (SSSR count). The maximum atomic E-state index is 17.1. The topological polar surface area (TPSA) is 77.3 Å². The quantitative estimate of drug-likeness (QED) is 0.289. The lowest BCUT2D eigenvalue weighted by molar-refractivity contribution is 0.257. The molecular weight excluding hydrogens is 482 g/mol. The molecule has 0 aromatic carbocycles. The standard InChI is InChI=1S/C30H20F2N6/c31-29(22-9-1-5-17-33-22,23-10-2-6-18-34-23)26-15-13-21-14-16-27(38-28(21)37-26)30(32,24-11-3-7-19-35-24)25-12-4-8-20-36-25/h1-20H. The van der Waals surface area contributed by atoms with Crippen LogP contribution in [-0.4, -0.2) is 29.9 Å². The highest BCUT2D eigenvalue weighted by Crippen LogP contribution is 2.40. The largest absolute Gasteiger partial charge is 0.257 e. The van der Waals surface area contributed by atoms with Crippen LogP contribution in [0, 0.1) is 0 Å². The van der Waals surface area contributed by atoms with Gasteiger partial charge in [0.05, 0.1) is 34.2 Å². The minimum atomic E-state index is -2.26. The molecule has 0 aliphatic carbocycles. The van der Waals surface area contributed by atoms with Gasteiger partial charge in [-0.3, -0.25) is 19.9 Å². The highest BCUT2D eigenvalue weighted by molar-refractivity contribution is 5.75. The highest BCUT2D eigenvalue weighted by atomic mass is 19.1. The van der Waals surface area contributed by atoms with Crippen LogP contribution in [0.25, 0.3) is 11.0 Å². The molecule has 0 saturated carbocycles. The normalized spacial score (nSPS) is 11.9. The molecule has 38 heavy (non-hydrogen) atoms. The zero-order valence-corrected chi connectivity index (χ0v) is 20.0. The molecule has 184 valence electrons. The zero-order valence-electron chi connectivity index (χ0n) is 20.0. The number of halogens is 2. The smallest absolute Gasteiger partial charge is 0.236 e. The van der Waals surface area contributed by atoms with E-state index in [2.05, 4.69) is 29.9 Å². The second kappa shape index (κ2) is 9.48. The Bertz CT molecular complexity index is 1480. The number of rotatable bonds is 6. The van der Waals surface area contributed by atoms with Gasteiger partial charge in [0.1, 0.15) is 0 Å². The number of nitrogens with zero attached hydrogens (tertiary/aromatic N) is 6. The first-order chi connectivity index (χ1) is 18.6. The summed E-state index contributed by atoms with van der Waals surface area (Å²) in [5.74, 6) is 0. The molecule has 0 fully saturated rings. The van der Waals surface area contributed by atoms with Crippen molar-refractivity contribution >= 4 is 11.0 Å². The van der Waals surface area contributed by atoms with Crippen LogP contribution in [0.5, 0.6) is 0 Å². The third kappa shape index (κ3) is 3.87. The molecule has 0 unspecified atom stereocenters. The summed E-state index contributed by atoms with van der Waals surface area (Å²) < 4.78 is 34.1. The zero-order chi connectivity index (χ0) is 26.0. The third-order valence-electron chi connectivity index (χ3n) is 6.33. The molecule has 0 aliphatic rings. The third-order valence-corrected chi connectivity index (χ3v) is 6.33. The Morgan fingerprint density at radius 1 is 0.395 bits per heavy atom. The number of alkyl halides is 2. The van der Waals surface area contributed by atoms with Crippen LogP contribution in [0.2, 0.25) is 0 Å². The molecule has 6 nitrogen and oxygen atoms in total. The van der Waals surface area contributed by atoms with E-state index in [9.17, 15) is 0 Å². The van der Waals surface area contributed by atoms with Gasteiger partial charge >= 0.3 is 0 Å². The fourth-order valence-electron chi connectivity index (χ4n) is 4.44. The Morgan fingerprint density at radius 2 is 0.737 bits per heavy atom. The van der Waals surface area contributed by atoms with Crippen molar-refractivity contribution in [2.24, 2.45) is 0 Å². The van der Waals surface area contributed by atoms with E-state index in [1.807, 2.05) is 0 Å². The number of hydrogen-bond acceptors (Lipinski definition) is 6. The number of aromatic nitrogens is 6. The molecular formula is C30H20F2N6. The predicted octanol–water partition coefficient (Wildman–Crippen LogP) is 5.73. The van der Waals surface area contributed by atoms with Crippen LogP contribution in [0.3, 0.4) is 0 Å². The van der Waals surface area contributed by atoms with Gasteiger partial charge in [0.2, 0.25) is 11.3 Å². The summed E-state index contributed by atoms with van der Waals surface area (Å²) in [5, 5.41) is 0.617. The van der Waals surface area contributed by atoms with Gasteiger partial charge in [-0.1, -0.05) is 24.3 Å². The number of pyridine rings is 6. The van der Waals surface area contributed by atoms with Crippen LogP contribution in [0.15, 0.2) is 122 Å². The van der Waals surface area contributed by atoms with E-state index in [1.165, 1.54) is 24.8 Å². The second-order valence-electron chi connectivity index (χ2n) is 8.62. The van der Waals surface area contributed by atoms with Crippen LogP contribution in [-0.2, 0) is 11.3 Å². The lowest BCUT2D eigenvalue weighted by Crippen LogP contribution is -2.28. The molecule has 0 bridgehead atoms. The summed E-state index contributed by atoms with van der Waals surface area (Å²) in [7, 11) is 0. The summed E-state index contributed by atoms with van der Waals surface area (Å²) in [6.07, 6.45) is 6.06. The Balaban J connectivity index is 1.56. The van der Waals surface area contributed by atoms with E-state index in [0.29, 0.717) is 5.39 Å². The summed E-state index contributed by atoms with van der Waals surface area (Å²) in [5.41, 5.74) is -3.77. The van der Waals surface area contributed by atoms with Crippen molar-refractivity contribution in [3.63, 3.8) is 0 Å². The highest BCUT2D eigenvalue weighted by Gasteiger charge is 2.43. The molecule has 0 atom stereocenters. The van der Waals surface area contributed by atoms with E-state index in [4.69, 9.17) is 0 Å². The van der Waals surface area contributed by atoms with Gasteiger partial charge in [-0.15, -0.1) is 0 Å². The summed E-state index contributed by atoms with van der Waals surface area (Å²) in [6.45, 7) is 0. The van der Waals surface area contributed by atoms with Gasteiger partial charge in [0, 0.05) is 30.2 Å². The van der Waals surface area contributed by atoms with Crippen LogP contribution in [0.4, 0.5) is 8.78 Å². The first kappa shape index (κ1) is 23.4. The lowest BCUT2D eigenvalue weighted by atomic mass is 9.90. The summed E-state index contributed by atoms with van der Waals surface area (Å²) >= 11 is 0. The van der Waals surface area contributed by atoms with Gasteiger partial charge in [0.15, 0.2) is 5.65 Å². The molecule has 8 heteroatoms. The van der Waals surface area contributed by atoms with Gasteiger partial charge in [-0.2, -0.15) is 0 Å². The maximum absolute atomic E-state index is 17.1. The lowest BCUT2D eigenvalue weighted by Gasteiger charge is -2.25. The van der Waals surface area contributed by atoms with Crippen LogP contribution < -0.4 is 0 Å². The van der Waals surface area contributed by atoms with Crippen molar-refractivity contribution in [3.8, 4) is 0 Å². The van der Waals surface area contributed by atoms with Crippen molar-refractivity contribution in [1.82, 2.24) is 29.9 Å². The molecule has 0 N–H and O–H groups in total. The monoisotopic (exact) mass is 502 g/mol. The van der Waals surface area contributed by atoms with Crippen molar-refractivity contribution in [1.29, 1.82) is 0 Å². The van der Waals surface area contributed by atoms with E-state index >= 15 is 8.78 Å². The molecule has 6 aromatic rings. The molecule has 0 radical (unpaired) electrons. The molecule has 6 aromatic heterocycles. The minimum Gasteiger partial charge on any atom is -0.257 e. The molecule has 0 spiro atoms. The molecule has 6 heterocycles. The Labute approximate surface area is 217 Å². The first-order valence-corrected chi connectivity index (χ1v) is 11.9. The average Bonchev–Trinajstić information content (AvgIpc) is 3.01. The average molecular weight is 503 g/mol. The molecule has 0 aliphatic heterocycles. The fourth-order valence-corrected chi connectivity index (χ4v) is 4.44. The van der Waals surface area contributed by atoms with E-state index < -0.39 is 11.3 Å². The first-order valence-electron chi connectivity index (χ1n) is 11.9. The Kier molecular flexibility index (Phi) is 5.84. The van der Waals surface area contributed by atoms with Gasteiger partial charge in [-0.25, -0.2) is 18.7 Å². The molecule has 0 saturated heterocycles. The van der Waals surface area contributed by atoms with Gasteiger partial charge in [0.25, 0.3) is 0 Å².